The number of aliphatic hydroxyl groups excluding tert-OH is 1. The molecule has 2 rings (SSSR count). The van der Waals surface area contributed by atoms with Gasteiger partial charge in [0.25, 0.3) is 0 Å². The zero-order chi connectivity index (χ0) is 9.10. The van der Waals surface area contributed by atoms with E-state index in [1.54, 1.807) is 30.9 Å². The Bertz CT molecular complexity index is 385. The van der Waals surface area contributed by atoms with Crippen LogP contribution in [0.4, 0.5) is 0 Å². The molecule has 0 aliphatic rings. The Morgan fingerprint density at radius 1 is 1.23 bits per heavy atom. The first-order valence-electron chi connectivity index (χ1n) is 3.81. The van der Waals surface area contributed by atoms with E-state index >= 15 is 0 Å². The topological polar surface area (TPSA) is 63.8 Å². The Labute approximate surface area is 74.7 Å². The SMILES string of the molecule is OCc1cncc(-n2nccn2)c1. The maximum atomic E-state index is 8.87. The lowest BCUT2D eigenvalue weighted by Crippen LogP contribution is -2.00. The molecule has 0 atom stereocenters. The van der Waals surface area contributed by atoms with Crippen molar-refractivity contribution in [3.63, 3.8) is 0 Å². The highest BCUT2D eigenvalue weighted by Crippen LogP contribution is 2.05. The Morgan fingerprint density at radius 2 is 2.00 bits per heavy atom. The summed E-state index contributed by atoms with van der Waals surface area (Å²) in [5.41, 5.74) is 1.49. The van der Waals surface area contributed by atoms with E-state index in [0.717, 1.165) is 11.3 Å². The van der Waals surface area contributed by atoms with Crippen LogP contribution in [0.2, 0.25) is 0 Å². The molecule has 2 heterocycles. The minimum absolute atomic E-state index is 0.0257. The summed E-state index contributed by atoms with van der Waals surface area (Å²) in [6.45, 7) is -0.0257. The molecular weight excluding hydrogens is 168 g/mol. The van der Waals surface area contributed by atoms with Gasteiger partial charge in [0.2, 0.25) is 0 Å². The van der Waals surface area contributed by atoms with Gasteiger partial charge in [-0.2, -0.15) is 15.0 Å². The minimum Gasteiger partial charge on any atom is -0.392 e. The summed E-state index contributed by atoms with van der Waals surface area (Å²) < 4.78 is 0. The van der Waals surface area contributed by atoms with E-state index in [2.05, 4.69) is 15.2 Å². The quantitative estimate of drug-likeness (QED) is 0.707. The van der Waals surface area contributed by atoms with E-state index < -0.39 is 0 Å². The third-order valence-corrected chi connectivity index (χ3v) is 1.61. The van der Waals surface area contributed by atoms with E-state index in [4.69, 9.17) is 5.11 Å². The molecule has 0 fully saturated rings. The van der Waals surface area contributed by atoms with Gasteiger partial charge in [-0.05, 0) is 11.6 Å². The van der Waals surface area contributed by atoms with Gasteiger partial charge in [-0.25, -0.2) is 0 Å². The molecule has 5 heteroatoms. The van der Waals surface area contributed by atoms with Gasteiger partial charge in [0, 0.05) is 6.20 Å². The Morgan fingerprint density at radius 3 is 2.69 bits per heavy atom. The summed E-state index contributed by atoms with van der Waals surface area (Å²) in [5.74, 6) is 0. The lowest BCUT2D eigenvalue weighted by atomic mass is 10.3. The molecule has 0 saturated heterocycles. The van der Waals surface area contributed by atoms with Crippen LogP contribution in [0.5, 0.6) is 0 Å². The largest absolute Gasteiger partial charge is 0.392 e. The highest BCUT2D eigenvalue weighted by Gasteiger charge is 1.98. The molecule has 0 bridgehead atoms. The predicted molar refractivity (Wildman–Crippen MR) is 45.1 cm³/mol. The first-order chi connectivity index (χ1) is 6.40. The van der Waals surface area contributed by atoms with Crippen LogP contribution in [0, 0.1) is 0 Å². The van der Waals surface area contributed by atoms with Crippen molar-refractivity contribution in [3.8, 4) is 5.69 Å². The highest BCUT2D eigenvalue weighted by atomic mass is 16.3. The summed E-state index contributed by atoms with van der Waals surface area (Å²) in [5, 5.41) is 16.8. The van der Waals surface area contributed by atoms with Crippen molar-refractivity contribution in [3.05, 3.63) is 36.4 Å². The maximum absolute atomic E-state index is 8.87. The number of nitrogens with zero attached hydrogens (tertiary/aromatic N) is 4. The second-order valence-electron chi connectivity index (χ2n) is 2.53. The zero-order valence-corrected chi connectivity index (χ0v) is 6.83. The van der Waals surface area contributed by atoms with E-state index in [1.807, 2.05) is 0 Å². The van der Waals surface area contributed by atoms with Crippen LogP contribution < -0.4 is 0 Å². The fourth-order valence-corrected chi connectivity index (χ4v) is 1.02. The molecule has 1 N–H and O–H groups in total. The van der Waals surface area contributed by atoms with Gasteiger partial charge in [0.15, 0.2) is 0 Å². The Balaban J connectivity index is 2.41. The maximum Gasteiger partial charge on any atom is 0.104 e. The van der Waals surface area contributed by atoms with Crippen molar-refractivity contribution in [1.82, 2.24) is 20.0 Å². The molecule has 2 aromatic heterocycles. The Kier molecular flexibility index (Phi) is 2.01. The third kappa shape index (κ3) is 1.54. The fraction of sp³-hybridized carbons (Fsp3) is 0.125. The highest BCUT2D eigenvalue weighted by molar-refractivity contribution is 5.29. The van der Waals surface area contributed by atoms with Gasteiger partial charge in [0.1, 0.15) is 5.69 Å². The van der Waals surface area contributed by atoms with E-state index in [1.165, 1.54) is 4.80 Å². The summed E-state index contributed by atoms with van der Waals surface area (Å²) in [6.07, 6.45) is 6.42. The smallest absolute Gasteiger partial charge is 0.104 e. The van der Waals surface area contributed by atoms with Gasteiger partial charge >= 0.3 is 0 Å². The van der Waals surface area contributed by atoms with Crippen LogP contribution in [0.3, 0.4) is 0 Å². The second-order valence-corrected chi connectivity index (χ2v) is 2.53. The molecule has 2 aromatic rings. The molecule has 13 heavy (non-hydrogen) atoms. The van der Waals surface area contributed by atoms with Gasteiger partial charge in [-0.15, -0.1) is 0 Å². The number of aliphatic hydroxyl groups is 1. The van der Waals surface area contributed by atoms with E-state index in [9.17, 15) is 0 Å². The van der Waals surface area contributed by atoms with Crippen molar-refractivity contribution in [2.75, 3.05) is 0 Å². The van der Waals surface area contributed by atoms with Crippen LogP contribution in [0.1, 0.15) is 5.56 Å². The van der Waals surface area contributed by atoms with Crippen molar-refractivity contribution >= 4 is 0 Å². The van der Waals surface area contributed by atoms with Gasteiger partial charge < -0.3 is 5.11 Å². The van der Waals surface area contributed by atoms with E-state index in [-0.39, 0.29) is 6.61 Å². The number of hydrogen-bond acceptors (Lipinski definition) is 4. The van der Waals surface area contributed by atoms with Crippen molar-refractivity contribution in [2.24, 2.45) is 0 Å². The lowest BCUT2D eigenvalue weighted by Gasteiger charge is -2.00. The zero-order valence-electron chi connectivity index (χ0n) is 6.83. The molecule has 0 spiro atoms. The first-order valence-corrected chi connectivity index (χ1v) is 3.81. The van der Waals surface area contributed by atoms with Crippen molar-refractivity contribution in [1.29, 1.82) is 0 Å². The van der Waals surface area contributed by atoms with E-state index in [0.29, 0.717) is 0 Å². The minimum atomic E-state index is -0.0257. The monoisotopic (exact) mass is 176 g/mol. The van der Waals surface area contributed by atoms with Gasteiger partial charge in [0.05, 0.1) is 25.2 Å². The normalized spacial score (nSPS) is 10.2. The van der Waals surface area contributed by atoms with Gasteiger partial charge in [-0.3, -0.25) is 4.98 Å². The number of aromatic nitrogens is 4. The molecule has 0 aromatic carbocycles. The molecule has 0 aliphatic carbocycles. The van der Waals surface area contributed by atoms with Crippen LogP contribution in [0.15, 0.2) is 30.9 Å². The average molecular weight is 176 g/mol. The standard InChI is InChI=1S/C8H8N4O/c13-6-7-3-8(5-9-4-7)12-10-1-2-11-12/h1-5,13H,6H2. The molecule has 5 nitrogen and oxygen atoms in total. The van der Waals surface area contributed by atoms with Crippen molar-refractivity contribution in [2.45, 2.75) is 6.61 Å². The summed E-state index contributed by atoms with van der Waals surface area (Å²) in [7, 11) is 0. The van der Waals surface area contributed by atoms with Crippen LogP contribution in [-0.4, -0.2) is 25.1 Å². The van der Waals surface area contributed by atoms with Crippen LogP contribution in [-0.2, 0) is 6.61 Å². The summed E-state index contributed by atoms with van der Waals surface area (Å²) in [4.78, 5) is 5.40. The third-order valence-electron chi connectivity index (χ3n) is 1.61. The number of pyridine rings is 1. The fourth-order valence-electron chi connectivity index (χ4n) is 1.02. The van der Waals surface area contributed by atoms with Crippen molar-refractivity contribution < 1.29 is 5.11 Å². The second kappa shape index (κ2) is 3.32. The van der Waals surface area contributed by atoms with Crippen LogP contribution in [0.25, 0.3) is 5.69 Å². The average Bonchev–Trinajstić information content (AvgIpc) is 2.71. The molecular formula is C8H8N4O. The summed E-state index contributed by atoms with van der Waals surface area (Å²) >= 11 is 0. The van der Waals surface area contributed by atoms with Crippen LogP contribution >= 0.6 is 0 Å². The number of hydrogen-bond donors (Lipinski definition) is 1. The number of rotatable bonds is 2. The predicted octanol–water partition coefficient (Wildman–Crippen LogP) is 0.155. The molecule has 0 radical (unpaired) electrons. The molecule has 0 unspecified atom stereocenters. The lowest BCUT2D eigenvalue weighted by molar-refractivity contribution is 0.281. The molecule has 66 valence electrons. The molecule has 0 saturated carbocycles. The van der Waals surface area contributed by atoms with Gasteiger partial charge in [-0.1, -0.05) is 0 Å². The molecule has 0 amide bonds. The Hall–Kier alpha value is -1.75. The molecule has 0 aliphatic heterocycles. The first kappa shape index (κ1) is 7.88. The summed E-state index contributed by atoms with van der Waals surface area (Å²) in [6, 6.07) is 1.78.